The molecule has 0 fully saturated rings. The molecule has 1 aromatic carbocycles. The summed E-state index contributed by atoms with van der Waals surface area (Å²) in [5.41, 5.74) is 3.59. The Labute approximate surface area is 115 Å². The van der Waals surface area contributed by atoms with Gasteiger partial charge in [-0.3, -0.25) is 4.79 Å². The van der Waals surface area contributed by atoms with Crippen LogP contribution in [-0.4, -0.2) is 19.6 Å². The Morgan fingerprint density at radius 1 is 1.30 bits per heavy atom. The minimum atomic E-state index is -0.230. The van der Waals surface area contributed by atoms with Gasteiger partial charge < -0.3 is 0 Å². The second kappa shape index (κ2) is 3.56. The lowest BCUT2D eigenvalue weighted by Crippen LogP contribution is -2.35. The van der Waals surface area contributed by atoms with E-state index in [1.807, 2.05) is 18.2 Å². The highest BCUT2D eigenvalue weighted by atomic mass is 16.1. The maximum Gasteiger partial charge on any atom is 0.264 e. The lowest BCUT2D eigenvalue weighted by molar-refractivity contribution is 0.506. The quantitative estimate of drug-likeness (QED) is 0.676. The Morgan fingerprint density at radius 3 is 2.95 bits per heavy atom. The zero-order chi connectivity index (χ0) is 13.9. The van der Waals surface area contributed by atoms with E-state index in [1.54, 1.807) is 0 Å². The number of H-pyrrole nitrogens is 1. The molecule has 4 rings (SSSR count). The van der Waals surface area contributed by atoms with Crippen LogP contribution in [0.2, 0.25) is 0 Å². The highest BCUT2D eigenvalue weighted by Crippen LogP contribution is 2.39. The van der Waals surface area contributed by atoms with Crippen LogP contribution in [0.1, 0.15) is 25.0 Å². The summed E-state index contributed by atoms with van der Waals surface area (Å²) in [5, 5.41) is 6.68. The molecule has 20 heavy (non-hydrogen) atoms. The summed E-state index contributed by atoms with van der Waals surface area (Å²) in [4.78, 5) is 17.3. The van der Waals surface area contributed by atoms with Crippen LogP contribution in [-0.2, 0) is 11.8 Å². The molecule has 1 aliphatic carbocycles. The number of nitrogens with one attached hydrogen (secondary N) is 1. The van der Waals surface area contributed by atoms with Crippen molar-refractivity contribution in [3.63, 3.8) is 0 Å². The number of hydrogen-bond acceptors (Lipinski definition) is 3. The summed E-state index contributed by atoms with van der Waals surface area (Å²) in [6.45, 7) is 4.19. The molecule has 1 N–H and O–H groups in total. The maximum atomic E-state index is 12.7. The topological polar surface area (TPSA) is 63.1 Å². The highest BCUT2D eigenvalue weighted by molar-refractivity contribution is 5.72. The van der Waals surface area contributed by atoms with Crippen LogP contribution < -0.4 is 5.56 Å². The fraction of sp³-hybridized carbons (Fsp3) is 0.267. The summed E-state index contributed by atoms with van der Waals surface area (Å²) in [7, 11) is 0. The molecule has 0 atom stereocenters. The average Bonchev–Trinajstić information content (AvgIpc) is 2.86. The van der Waals surface area contributed by atoms with Crippen molar-refractivity contribution in [1.82, 2.24) is 19.6 Å². The Kier molecular flexibility index (Phi) is 2.03. The van der Waals surface area contributed by atoms with Gasteiger partial charge in [-0.1, -0.05) is 38.1 Å². The van der Waals surface area contributed by atoms with Gasteiger partial charge in [-0.25, -0.2) is 14.5 Å². The first-order chi connectivity index (χ1) is 9.58. The van der Waals surface area contributed by atoms with E-state index in [-0.39, 0.29) is 11.0 Å². The number of aromatic amines is 1. The molecule has 0 unspecified atom stereocenters. The number of benzene rings is 1. The fourth-order valence-electron chi connectivity index (χ4n) is 3.14. The number of aromatic nitrogens is 4. The molecule has 100 valence electrons. The molecule has 5 nitrogen and oxygen atoms in total. The van der Waals surface area contributed by atoms with Crippen molar-refractivity contribution >= 4 is 5.78 Å². The molecular formula is C15H14N4O. The highest BCUT2D eigenvalue weighted by Gasteiger charge is 2.35. The van der Waals surface area contributed by atoms with Gasteiger partial charge in [0.15, 0.2) is 0 Å². The maximum absolute atomic E-state index is 12.7. The molecule has 0 saturated heterocycles. The van der Waals surface area contributed by atoms with Crippen molar-refractivity contribution in [3.05, 3.63) is 52.1 Å². The van der Waals surface area contributed by atoms with Gasteiger partial charge in [-0.2, -0.15) is 5.10 Å². The third kappa shape index (κ3) is 1.35. The largest absolute Gasteiger partial charge is 0.268 e. The van der Waals surface area contributed by atoms with Gasteiger partial charge in [0.2, 0.25) is 5.78 Å². The van der Waals surface area contributed by atoms with Crippen LogP contribution in [0.15, 0.2) is 35.4 Å². The SMILES string of the molecule is CC1(C)Cc2ccccc2-c2nc3[nH]ncn3c(=O)c21. The van der Waals surface area contributed by atoms with Crippen molar-refractivity contribution in [2.24, 2.45) is 0 Å². The minimum absolute atomic E-state index is 0.0294. The Morgan fingerprint density at radius 2 is 2.10 bits per heavy atom. The lowest BCUT2D eigenvalue weighted by atomic mass is 9.72. The van der Waals surface area contributed by atoms with Crippen LogP contribution >= 0.6 is 0 Å². The summed E-state index contributed by atoms with van der Waals surface area (Å²) in [6.07, 6.45) is 2.33. The zero-order valence-electron chi connectivity index (χ0n) is 11.3. The van der Waals surface area contributed by atoms with E-state index in [0.717, 1.165) is 23.2 Å². The van der Waals surface area contributed by atoms with E-state index < -0.39 is 0 Å². The fourth-order valence-corrected chi connectivity index (χ4v) is 3.14. The van der Waals surface area contributed by atoms with E-state index in [1.165, 1.54) is 16.3 Å². The smallest absolute Gasteiger partial charge is 0.264 e. The van der Waals surface area contributed by atoms with Gasteiger partial charge in [0.25, 0.3) is 5.56 Å². The van der Waals surface area contributed by atoms with Gasteiger partial charge in [-0.15, -0.1) is 0 Å². The molecule has 0 saturated carbocycles. The third-order valence-corrected chi connectivity index (χ3v) is 4.03. The lowest BCUT2D eigenvalue weighted by Gasteiger charge is -2.32. The summed E-state index contributed by atoms with van der Waals surface area (Å²) < 4.78 is 1.48. The Hall–Kier alpha value is -2.43. The molecule has 0 spiro atoms. The summed E-state index contributed by atoms with van der Waals surface area (Å²) >= 11 is 0. The van der Waals surface area contributed by atoms with Crippen molar-refractivity contribution in [2.45, 2.75) is 25.7 Å². The Balaban J connectivity index is 2.21. The first kappa shape index (κ1) is 11.4. The molecular weight excluding hydrogens is 252 g/mol. The molecule has 3 aromatic rings. The standard InChI is InChI=1S/C15H14N4O/c1-15(2)7-9-5-3-4-6-10(9)12-11(15)13(20)19-8-16-18-14(19)17-12/h3-6,8H,7H2,1-2H3,(H,17,18). The van der Waals surface area contributed by atoms with E-state index in [2.05, 4.69) is 35.1 Å². The van der Waals surface area contributed by atoms with Crippen molar-refractivity contribution < 1.29 is 0 Å². The molecule has 1 aliphatic rings. The molecule has 2 heterocycles. The third-order valence-electron chi connectivity index (χ3n) is 4.03. The summed E-state index contributed by atoms with van der Waals surface area (Å²) in [6, 6.07) is 8.15. The van der Waals surface area contributed by atoms with E-state index >= 15 is 0 Å². The van der Waals surface area contributed by atoms with Crippen molar-refractivity contribution in [3.8, 4) is 11.3 Å². The van der Waals surface area contributed by atoms with Crippen LogP contribution in [0.4, 0.5) is 0 Å². The van der Waals surface area contributed by atoms with Crippen LogP contribution in [0, 0.1) is 0 Å². The molecule has 2 aromatic heterocycles. The van der Waals surface area contributed by atoms with Gasteiger partial charge >= 0.3 is 0 Å². The predicted molar refractivity (Wildman–Crippen MR) is 75.8 cm³/mol. The van der Waals surface area contributed by atoms with E-state index in [9.17, 15) is 4.79 Å². The van der Waals surface area contributed by atoms with Crippen LogP contribution in [0.3, 0.4) is 0 Å². The van der Waals surface area contributed by atoms with Crippen LogP contribution in [0.25, 0.3) is 17.0 Å². The Bertz CT molecular complexity index is 888. The van der Waals surface area contributed by atoms with Gasteiger partial charge in [0.1, 0.15) is 6.33 Å². The zero-order valence-corrected chi connectivity index (χ0v) is 11.3. The molecule has 0 amide bonds. The predicted octanol–water partition coefficient (Wildman–Crippen LogP) is 1.92. The van der Waals surface area contributed by atoms with Crippen molar-refractivity contribution in [1.29, 1.82) is 0 Å². The second-order valence-electron chi connectivity index (χ2n) is 5.91. The molecule has 0 aliphatic heterocycles. The van der Waals surface area contributed by atoms with E-state index in [0.29, 0.717) is 5.78 Å². The number of rotatable bonds is 0. The monoisotopic (exact) mass is 266 g/mol. The van der Waals surface area contributed by atoms with E-state index in [4.69, 9.17) is 0 Å². The number of nitrogens with zero attached hydrogens (tertiary/aromatic N) is 3. The number of hydrogen-bond donors (Lipinski definition) is 1. The molecule has 5 heteroatoms. The van der Waals surface area contributed by atoms with Crippen molar-refractivity contribution in [2.75, 3.05) is 0 Å². The summed E-state index contributed by atoms with van der Waals surface area (Å²) in [5.74, 6) is 0.487. The normalized spacial score (nSPS) is 15.9. The van der Waals surface area contributed by atoms with Crippen LogP contribution in [0.5, 0.6) is 0 Å². The van der Waals surface area contributed by atoms with Gasteiger partial charge in [-0.05, 0) is 12.0 Å². The first-order valence-electron chi connectivity index (χ1n) is 6.62. The number of fused-ring (bicyclic) bond motifs is 4. The average molecular weight is 266 g/mol. The molecule has 0 bridgehead atoms. The second-order valence-corrected chi connectivity index (χ2v) is 5.91. The minimum Gasteiger partial charge on any atom is -0.268 e. The first-order valence-corrected chi connectivity index (χ1v) is 6.62. The van der Waals surface area contributed by atoms with Gasteiger partial charge in [0, 0.05) is 11.0 Å². The molecule has 0 radical (unpaired) electrons. The van der Waals surface area contributed by atoms with Gasteiger partial charge in [0.05, 0.1) is 11.3 Å².